The average molecular weight is 397 g/mol. The van der Waals surface area contributed by atoms with Crippen LogP contribution in [0.1, 0.15) is 30.9 Å². The summed E-state index contributed by atoms with van der Waals surface area (Å²) in [6.45, 7) is 3.52. The van der Waals surface area contributed by atoms with Crippen LogP contribution in [0.25, 0.3) is 0 Å². The first-order valence-electron chi connectivity index (χ1n) is 10.00. The summed E-state index contributed by atoms with van der Waals surface area (Å²) in [4.78, 5) is 24.8. The van der Waals surface area contributed by atoms with Crippen LogP contribution in [0.15, 0.2) is 48.5 Å². The van der Waals surface area contributed by atoms with E-state index in [-0.39, 0.29) is 18.9 Å². The molecule has 1 atom stereocenters. The van der Waals surface area contributed by atoms with Gasteiger partial charge in [-0.3, -0.25) is 9.59 Å². The van der Waals surface area contributed by atoms with Gasteiger partial charge in [-0.05, 0) is 30.2 Å². The zero-order valence-corrected chi connectivity index (χ0v) is 16.7. The molecule has 1 aliphatic rings. The lowest BCUT2D eigenvalue weighted by atomic mass is 10.1. The zero-order chi connectivity index (χ0) is 20.6. The Kier molecular flexibility index (Phi) is 7.11. The van der Waals surface area contributed by atoms with Crippen LogP contribution < -0.4 is 9.47 Å². The van der Waals surface area contributed by atoms with Gasteiger partial charge in [0.15, 0.2) is 0 Å². The van der Waals surface area contributed by atoms with Crippen LogP contribution in [0.2, 0.25) is 0 Å². The van der Waals surface area contributed by atoms with Crippen molar-refractivity contribution < 1.29 is 24.2 Å². The van der Waals surface area contributed by atoms with Gasteiger partial charge in [0.25, 0.3) is 0 Å². The van der Waals surface area contributed by atoms with E-state index in [0.29, 0.717) is 25.5 Å². The van der Waals surface area contributed by atoms with Gasteiger partial charge in [0.05, 0.1) is 5.92 Å². The minimum Gasteiger partial charge on any atom is -0.490 e. The molecule has 154 valence electrons. The summed E-state index contributed by atoms with van der Waals surface area (Å²) in [5.74, 6) is -0.204. The molecule has 1 saturated heterocycles. The molecule has 0 radical (unpaired) electrons. The fraction of sp³-hybridized carbons (Fsp3) is 0.391. The summed E-state index contributed by atoms with van der Waals surface area (Å²) in [6.07, 6.45) is 2.24. The highest BCUT2D eigenvalue weighted by atomic mass is 16.5. The molecule has 1 amide bonds. The lowest BCUT2D eigenvalue weighted by Gasteiger charge is -2.18. The molecule has 0 aliphatic carbocycles. The summed E-state index contributed by atoms with van der Waals surface area (Å²) in [7, 11) is 0. The second-order valence-corrected chi connectivity index (χ2v) is 7.21. The van der Waals surface area contributed by atoms with Gasteiger partial charge in [-0.15, -0.1) is 0 Å². The van der Waals surface area contributed by atoms with Crippen molar-refractivity contribution in [2.24, 2.45) is 5.92 Å². The first-order chi connectivity index (χ1) is 14.1. The predicted octanol–water partition coefficient (Wildman–Crippen LogP) is 3.53. The number of hydrogen-bond acceptors (Lipinski definition) is 4. The van der Waals surface area contributed by atoms with Crippen LogP contribution in [-0.2, 0) is 22.6 Å². The van der Waals surface area contributed by atoms with Crippen molar-refractivity contribution in [2.45, 2.75) is 32.7 Å². The Morgan fingerprint density at radius 3 is 2.52 bits per heavy atom. The highest BCUT2D eigenvalue weighted by molar-refractivity contribution is 5.86. The first kappa shape index (κ1) is 20.7. The molecule has 2 aromatic rings. The zero-order valence-electron chi connectivity index (χ0n) is 16.7. The van der Waals surface area contributed by atoms with Crippen molar-refractivity contribution in [1.82, 2.24) is 4.90 Å². The standard InChI is InChI=1S/C23H27NO5/c1-2-5-17-8-10-20(11-9-17)28-12-13-29-21-7-4-3-6-18(21)15-24-16-19(23(26)27)14-22(24)25/h3-4,6-11,19H,2,5,12-16H2,1H3,(H,26,27). The fourth-order valence-electron chi connectivity index (χ4n) is 3.42. The molecule has 1 unspecified atom stereocenters. The van der Waals surface area contributed by atoms with Crippen LogP contribution in [-0.4, -0.2) is 41.6 Å². The molecule has 1 N–H and O–H groups in total. The Morgan fingerprint density at radius 1 is 1.10 bits per heavy atom. The number of rotatable bonds is 10. The number of para-hydroxylation sites is 1. The van der Waals surface area contributed by atoms with Gasteiger partial charge in [-0.2, -0.15) is 0 Å². The van der Waals surface area contributed by atoms with Crippen molar-refractivity contribution in [2.75, 3.05) is 19.8 Å². The number of carboxylic acids is 1. The molecule has 6 heteroatoms. The Balaban J connectivity index is 1.50. The Labute approximate surface area is 171 Å². The second-order valence-electron chi connectivity index (χ2n) is 7.21. The van der Waals surface area contributed by atoms with Crippen LogP contribution in [0, 0.1) is 5.92 Å². The van der Waals surface area contributed by atoms with E-state index in [0.717, 1.165) is 24.2 Å². The van der Waals surface area contributed by atoms with Crippen molar-refractivity contribution in [1.29, 1.82) is 0 Å². The summed E-state index contributed by atoms with van der Waals surface area (Å²) >= 11 is 0. The van der Waals surface area contributed by atoms with Crippen molar-refractivity contribution in [3.63, 3.8) is 0 Å². The molecule has 0 aromatic heterocycles. The SMILES string of the molecule is CCCc1ccc(OCCOc2ccccc2CN2CC(C(=O)O)CC2=O)cc1. The number of amides is 1. The lowest BCUT2D eigenvalue weighted by molar-refractivity contribution is -0.141. The van der Waals surface area contributed by atoms with Gasteiger partial charge < -0.3 is 19.5 Å². The maximum Gasteiger partial charge on any atom is 0.308 e. The minimum atomic E-state index is -0.926. The molecule has 1 aliphatic heterocycles. The van der Waals surface area contributed by atoms with E-state index in [1.165, 1.54) is 5.56 Å². The van der Waals surface area contributed by atoms with Crippen LogP contribution in [0.4, 0.5) is 0 Å². The number of aliphatic carboxylic acids is 1. The van der Waals surface area contributed by atoms with E-state index in [9.17, 15) is 9.59 Å². The molecule has 2 aromatic carbocycles. The predicted molar refractivity (Wildman–Crippen MR) is 109 cm³/mol. The summed E-state index contributed by atoms with van der Waals surface area (Å²) in [6, 6.07) is 15.6. The molecule has 1 fully saturated rings. The highest BCUT2D eigenvalue weighted by Gasteiger charge is 2.34. The van der Waals surface area contributed by atoms with Crippen molar-refractivity contribution in [3.8, 4) is 11.5 Å². The van der Waals surface area contributed by atoms with E-state index in [2.05, 4.69) is 19.1 Å². The smallest absolute Gasteiger partial charge is 0.308 e. The molecule has 29 heavy (non-hydrogen) atoms. The van der Waals surface area contributed by atoms with E-state index in [1.54, 1.807) is 4.90 Å². The number of benzene rings is 2. The summed E-state index contributed by atoms with van der Waals surface area (Å²) in [5.41, 5.74) is 2.16. The second kappa shape index (κ2) is 9.96. The first-order valence-corrected chi connectivity index (χ1v) is 10.00. The molecule has 6 nitrogen and oxygen atoms in total. The fourth-order valence-corrected chi connectivity index (χ4v) is 3.42. The molecular formula is C23H27NO5. The van der Waals surface area contributed by atoms with Gasteiger partial charge >= 0.3 is 5.97 Å². The third-order valence-electron chi connectivity index (χ3n) is 4.97. The molecule has 3 rings (SSSR count). The number of carbonyl (C=O) groups is 2. The van der Waals surface area contributed by atoms with Gasteiger partial charge in [0.2, 0.25) is 5.91 Å². The van der Waals surface area contributed by atoms with Crippen molar-refractivity contribution >= 4 is 11.9 Å². The number of hydrogen-bond donors (Lipinski definition) is 1. The van der Waals surface area contributed by atoms with Gasteiger partial charge in [-0.1, -0.05) is 43.7 Å². The Hall–Kier alpha value is -3.02. The van der Waals surface area contributed by atoms with Gasteiger partial charge in [-0.25, -0.2) is 0 Å². The molecule has 0 bridgehead atoms. The van der Waals surface area contributed by atoms with E-state index >= 15 is 0 Å². The van der Waals surface area contributed by atoms with E-state index in [1.807, 2.05) is 36.4 Å². The van der Waals surface area contributed by atoms with E-state index in [4.69, 9.17) is 14.6 Å². The number of carboxylic acid groups (broad SMARTS) is 1. The topological polar surface area (TPSA) is 76.1 Å². The van der Waals surface area contributed by atoms with Crippen LogP contribution in [0.3, 0.4) is 0 Å². The summed E-state index contributed by atoms with van der Waals surface area (Å²) in [5, 5.41) is 9.13. The number of aryl methyl sites for hydroxylation is 1. The molecule has 1 heterocycles. The molecule has 0 spiro atoms. The Morgan fingerprint density at radius 2 is 1.83 bits per heavy atom. The largest absolute Gasteiger partial charge is 0.490 e. The third kappa shape index (κ3) is 5.73. The van der Waals surface area contributed by atoms with Crippen LogP contribution >= 0.6 is 0 Å². The number of carbonyl (C=O) groups excluding carboxylic acids is 1. The lowest BCUT2D eigenvalue weighted by Crippen LogP contribution is -2.26. The quantitative estimate of drug-likeness (QED) is 0.621. The average Bonchev–Trinajstić information content (AvgIpc) is 3.09. The summed E-state index contributed by atoms with van der Waals surface area (Å²) < 4.78 is 11.6. The maximum absolute atomic E-state index is 12.1. The minimum absolute atomic E-state index is 0.0588. The van der Waals surface area contributed by atoms with Crippen molar-refractivity contribution in [3.05, 3.63) is 59.7 Å². The van der Waals surface area contributed by atoms with Gasteiger partial charge in [0, 0.05) is 25.1 Å². The normalized spacial score (nSPS) is 16.1. The Bertz CT molecular complexity index is 833. The number of likely N-dealkylation sites (tertiary alicyclic amines) is 1. The van der Waals surface area contributed by atoms with Crippen LogP contribution in [0.5, 0.6) is 11.5 Å². The molecule has 0 saturated carbocycles. The molecular weight excluding hydrogens is 370 g/mol. The monoisotopic (exact) mass is 397 g/mol. The van der Waals surface area contributed by atoms with E-state index < -0.39 is 11.9 Å². The highest BCUT2D eigenvalue weighted by Crippen LogP contribution is 2.25. The number of ether oxygens (including phenoxy) is 2. The number of nitrogens with zero attached hydrogens (tertiary/aromatic N) is 1. The maximum atomic E-state index is 12.1. The third-order valence-corrected chi connectivity index (χ3v) is 4.97. The van der Waals surface area contributed by atoms with Gasteiger partial charge in [0.1, 0.15) is 24.7 Å².